The van der Waals surface area contributed by atoms with E-state index in [1.165, 1.54) is 4.90 Å². The number of amides is 2. The Morgan fingerprint density at radius 3 is 2.42 bits per heavy atom. The van der Waals surface area contributed by atoms with Gasteiger partial charge in [0.2, 0.25) is 0 Å². The first-order valence-corrected chi connectivity index (χ1v) is 11.1. The van der Waals surface area contributed by atoms with E-state index in [0.717, 1.165) is 28.5 Å². The third-order valence-electron chi connectivity index (χ3n) is 4.89. The average molecular weight is 450 g/mol. The Labute approximate surface area is 190 Å². The minimum atomic E-state index is -0.271. The molecule has 0 aromatic heterocycles. The number of halogens is 1. The van der Waals surface area contributed by atoms with Gasteiger partial charge in [-0.25, -0.2) is 0 Å². The van der Waals surface area contributed by atoms with Crippen molar-refractivity contribution in [1.82, 2.24) is 4.90 Å². The molecule has 156 valence electrons. The van der Waals surface area contributed by atoms with Crippen LogP contribution >= 0.6 is 23.4 Å². The third kappa shape index (κ3) is 5.19. The zero-order chi connectivity index (χ0) is 21.6. The molecule has 6 heteroatoms. The van der Waals surface area contributed by atoms with E-state index in [1.54, 1.807) is 6.08 Å². The van der Waals surface area contributed by atoms with Gasteiger partial charge in [-0.05, 0) is 42.0 Å². The summed E-state index contributed by atoms with van der Waals surface area (Å²) in [6.45, 7) is 0.666. The van der Waals surface area contributed by atoms with Gasteiger partial charge in [-0.1, -0.05) is 78.3 Å². The smallest absolute Gasteiger partial charge is 0.293 e. The van der Waals surface area contributed by atoms with Crippen molar-refractivity contribution in [2.24, 2.45) is 0 Å². The van der Waals surface area contributed by atoms with E-state index in [9.17, 15) is 9.59 Å². The van der Waals surface area contributed by atoms with Gasteiger partial charge in [-0.2, -0.15) is 0 Å². The van der Waals surface area contributed by atoms with Gasteiger partial charge in [0, 0.05) is 22.7 Å². The zero-order valence-corrected chi connectivity index (χ0v) is 18.2. The van der Waals surface area contributed by atoms with Crippen molar-refractivity contribution in [3.05, 3.63) is 105 Å². The molecule has 1 fully saturated rings. The molecule has 1 aliphatic heterocycles. The Morgan fingerprint density at radius 2 is 1.61 bits per heavy atom. The molecule has 0 spiro atoms. The maximum atomic E-state index is 12.8. The lowest BCUT2D eigenvalue weighted by Gasteiger charge is -2.12. The summed E-state index contributed by atoms with van der Waals surface area (Å²) in [5, 5.41) is 0.390. The fourth-order valence-corrected chi connectivity index (χ4v) is 4.27. The predicted octanol–water partition coefficient (Wildman–Crippen LogP) is 6.20. The first-order valence-electron chi connectivity index (χ1n) is 9.86. The van der Waals surface area contributed by atoms with E-state index in [2.05, 4.69) is 0 Å². The quantitative estimate of drug-likeness (QED) is 0.403. The van der Waals surface area contributed by atoms with E-state index in [0.29, 0.717) is 35.2 Å². The molecule has 4 nitrogen and oxygen atoms in total. The van der Waals surface area contributed by atoms with Crippen LogP contribution in [0.3, 0.4) is 0 Å². The molecule has 0 aliphatic carbocycles. The van der Waals surface area contributed by atoms with Crippen LogP contribution in [0.4, 0.5) is 4.79 Å². The van der Waals surface area contributed by atoms with Gasteiger partial charge in [-0.15, -0.1) is 0 Å². The lowest BCUT2D eigenvalue weighted by atomic mass is 10.1. The van der Waals surface area contributed by atoms with E-state index < -0.39 is 0 Å². The van der Waals surface area contributed by atoms with E-state index in [4.69, 9.17) is 16.3 Å². The summed E-state index contributed by atoms with van der Waals surface area (Å²) >= 11 is 7.17. The number of carbonyl (C=O) groups excluding carboxylic acids is 2. The van der Waals surface area contributed by atoms with Crippen LogP contribution in [-0.4, -0.2) is 22.6 Å². The molecule has 3 aromatic carbocycles. The minimum Gasteiger partial charge on any atom is -0.488 e. The van der Waals surface area contributed by atoms with Crippen molar-refractivity contribution in [1.29, 1.82) is 0 Å². The Hall–Kier alpha value is -3.02. The van der Waals surface area contributed by atoms with Crippen LogP contribution in [0.25, 0.3) is 6.08 Å². The van der Waals surface area contributed by atoms with Crippen LogP contribution in [0.1, 0.15) is 16.7 Å². The van der Waals surface area contributed by atoms with Gasteiger partial charge < -0.3 is 4.74 Å². The van der Waals surface area contributed by atoms with E-state index in [-0.39, 0.29) is 11.1 Å². The number of para-hydroxylation sites is 1. The molecule has 0 bridgehead atoms. The maximum absolute atomic E-state index is 12.8. The standard InChI is InChI=1S/C25H20ClNO3S/c26-21-12-6-4-11-20(21)17-30-22-13-7-5-10-19(22)16-23-24(28)27(25(29)31-23)15-14-18-8-2-1-3-9-18/h1-13,16H,14-15,17H2/b23-16-. The van der Waals surface area contributed by atoms with E-state index >= 15 is 0 Å². The number of imide groups is 1. The van der Waals surface area contributed by atoms with Crippen molar-refractivity contribution in [3.8, 4) is 5.75 Å². The Morgan fingerprint density at radius 1 is 0.903 bits per heavy atom. The second-order valence-corrected chi connectivity index (χ2v) is 8.39. The Bertz CT molecular complexity index is 1130. The van der Waals surface area contributed by atoms with Crippen molar-refractivity contribution in [3.63, 3.8) is 0 Å². The molecule has 4 rings (SSSR count). The van der Waals surface area contributed by atoms with Crippen LogP contribution in [0.15, 0.2) is 83.8 Å². The van der Waals surface area contributed by atoms with Crippen LogP contribution in [0, 0.1) is 0 Å². The Kier molecular flexibility index (Phi) is 6.75. The first-order chi connectivity index (χ1) is 15.1. The summed E-state index contributed by atoms with van der Waals surface area (Å²) in [6, 6.07) is 24.7. The van der Waals surface area contributed by atoms with Crippen LogP contribution in [0.5, 0.6) is 5.75 Å². The van der Waals surface area contributed by atoms with Crippen molar-refractivity contribution in [2.75, 3.05) is 6.54 Å². The normalized spacial score (nSPS) is 15.0. The summed E-state index contributed by atoms with van der Waals surface area (Å²) in [6.07, 6.45) is 2.35. The number of hydrogen-bond donors (Lipinski definition) is 0. The highest BCUT2D eigenvalue weighted by Crippen LogP contribution is 2.34. The van der Waals surface area contributed by atoms with E-state index in [1.807, 2.05) is 78.9 Å². The molecule has 0 N–H and O–H groups in total. The molecule has 2 amide bonds. The summed E-state index contributed by atoms with van der Waals surface area (Å²) in [7, 11) is 0. The largest absolute Gasteiger partial charge is 0.488 e. The number of carbonyl (C=O) groups is 2. The van der Waals surface area contributed by atoms with Gasteiger partial charge in [0.1, 0.15) is 12.4 Å². The van der Waals surface area contributed by atoms with Crippen molar-refractivity contribution < 1.29 is 14.3 Å². The first kappa shape index (κ1) is 21.2. The molecule has 31 heavy (non-hydrogen) atoms. The molecule has 0 radical (unpaired) electrons. The Balaban J connectivity index is 1.47. The van der Waals surface area contributed by atoms with Crippen molar-refractivity contribution >= 4 is 40.6 Å². The third-order valence-corrected chi connectivity index (χ3v) is 6.16. The monoisotopic (exact) mass is 449 g/mol. The second kappa shape index (κ2) is 9.86. The fraction of sp³-hybridized carbons (Fsp3) is 0.120. The SMILES string of the molecule is O=C1S/C(=C\c2ccccc2OCc2ccccc2Cl)C(=O)N1CCc1ccccc1. The minimum absolute atomic E-state index is 0.248. The molecule has 0 saturated carbocycles. The van der Waals surface area contributed by atoms with Gasteiger partial charge >= 0.3 is 0 Å². The van der Waals surface area contributed by atoms with Crippen LogP contribution < -0.4 is 4.74 Å². The second-order valence-electron chi connectivity index (χ2n) is 6.99. The molecular formula is C25H20ClNO3S. The molecule has 3 aromatic rings. The summed E-state index contributed by atoms with van der Waals surface area (Å²) < 4.78 is 5.96. The summed E-state index contributed by atoms with van der Waals surface area (Å²) in [5.74, 6) is 0.352. The lowest BCUT2D eigenvalue weighted by Crippen LogP contribution is -2.30. The molecular weight excluding hydrogens is 430 g/mol. The zero-order valence-electron chi connectivity index (χ0n) is 16.7. The highest BCUT2D eigenvalue weighted by atomic mass is 35.5. The summed E-state index contributed by atoms with van der Waals surface area (Å²) in [4.78, 5) is 27.0. The summed E-state index contributed by atoms with van der Waals surface area (Å²) in [5.41, 5.74) is 2.70. The predicted molar refractivity (Wildman–Crippen MR) is 125 cm³/mol. The number of hydrogen-bond acceptors (Lipinski definition) is 4. The van der Waals surface area contributed by atoms with Crippen LogP contribution in [-0.2, 0) is 17.8 Å². The molecule has 0 unspecified atom stereocenters. The number of rotatable bonds is 7. The van der Waals surface area contributed by atoms with Gasteiger partial charge in [0.05, 0.1) is 4.91 Å². The highest BCUT2D eigenvalue weighted by Gasteiger charge is 2.34. The fourth-order valence-electron chi connectivity index (χ4n) is 3.22. The lowest BCUT2D eigenvalue weighted by molar-refractivity contribution is -0.122. The number of nitrogens with zero attached hydrogens (tertiary/aromatic N) is 1. The topological polar surface area (TPSA) is 46.6 Å². The number of ether oxygens (including phenoxy) is 1. The van der Waals surface area contributed by atoms with Crippen molar-refractivity contribution in [2.45, 2.75) is 13.0 Å². The number of thioether (sulfide) groups is 1. The highest BCUT2D eigenvalue weighted by molar-refractivity contribution is 8.18. The molecule has 1 heterocycles. The maximum Gasteiger partial charge on any atom is 0.293 e. The van der Waals surface area contributed by atoms with Gasteiger partial charge in [0.15, 0.2) is 0 Å². The van der Waals surface area contributed by atoms with Gasteiger partial charge in [0.25, 0.3) is 11.1 Å². The molecule has 0 atom stereocenters. The van der Waals surface area contributed by atoms with Gasteiger partial charge in [-0.3, -0.25) is 14.5 Å². The number of benzene rings is 3. The molecule has 1 aliphatic rings. The average Bonchev–Trinajstić information content (AvgIpc) is 3.05. The van der Waals surface area contributed by atoms with Crippen LogP contribution in [0.2, 0.25) is 5.02 Å². The molecule has 1 saturated heterocycles.